The number of anilines is 2. The minimum atomic E-state index is -0.581. The number of nitrogens with zero attached hydrogens (tertiary/aromatic N) is 1. The zero-order valence-electron chi connectivity index (χ0n) is 16.8. The standard InChI is InChI=1S/C23H21ClN2O4/c1-28-19-13-12-15(20(29-2)21(19)30-3)22-25-17-10-6-4-8-14(17)23(27)26(22)18-11-7-5-9-16(18)24/h4-13,22,25H,1-3H3. The highest BCUT2D eigenvalue weighted by Gasteiger charge is 2.37. The second-order valence-corrected chi connectivity index (χ2v) is 7.05. The summed E-state index contributed by atoms with van der Waals surface area (Å²) in [6.07, 6.45) is -0.581. The van der Waals surface area contributed by atoms with E-state index in [1.54, 1.807) is 44.4 Å². The summed E-state index contributed by atoms with van der Waals surface area (Å²) in [5, 5.41) is 3.92. The summed E-state index contributed by atoms with van der Waals surface area (Å²) >= 11 is 6.49. The average molecular weight is 425 g/mol. The van der Waals surface area contributed by atoms with Crippen LogP contribution < -0.4 is 24.4 Å². The second-order valence-electron chi connectivity index (χ2n) is 6.64. The predicted molar refractivity (Wildman–Crippen MR) is 117 cm³/mol. The minimum Gasteiger partial charge on any atom is -0.493 e. The molecule has 0 spiro atoms. The zero-order chi connectivity index (χ0) is 21.3. The van der Waals surface area contributed by atoms with Gasteiger partial charge in [-0.05, 0) is 36.4 Å². The fourth-order valence-electron chi connectivity index (χ4n) is 3.71. The number of hydrogen-bond acceptors (Lipinski definition) is 5. The van der Waals surface area contributed by atoms with Crippen LogP contribution in [-0.2, 0) is 0 Å². The summed E-state index contributed by atoms with van der Waals surface area (Å²) in [6.45, 7) is 0. The van der Waals surface area contributed by atoms with Crippen LogP contribution in [0.2, 0.25) is 5.02 Å². The molecule has 1 heterocycles. The monoisotopic (exact) mass is 424 g/mol. The first-order chi connectivity index (χ1) is 14.6. The summed E-state index contributed by atoms with van der Waals surface area (Å²) in [7, 11) is 4.66. The molecule has 1 atom stereocenters. The van der Waals surface area contributed by atoms with E-state index in [9.17, 15) is 4.79 Å². The fraction of sp³-hybridized carbons (Fsp3) is 0.174. The SMILES string of the molecule is COc1ccc(C2Nc3ccccc3C(=O)N2c2ccccc2Cl)c(OC)c1OC. The summed E-state index contributed by atoms with van der Waals surface area (Å²) in [6, 6.07) is 18.3. The summed E-state index contributed by atoms with van der Waals surface area (Å²) in [5.74, 6) is 1.28. The van der Waals surface area contributed by atoms with E-state index in [1.807, 2.05) is 42.5 Å². The van der Waals surface area contributed by atoms with Crippen LogP contribution in [0.1, 0.15) is 22.1 Å². The van der Waals surface area contributed by atoms with Crippen molar-refractivity contribution < 1.29 is 19.0 Å². The number of halogens is 1. The maximum Gasteiger partial charge on any atom is 0.262 e. The van der Waals surface area contributed by atoms with Gasteiger partial charge in [-0.1, -0.05) is 35.9 Å². The van der Waals surface area contributed by atoms with Crippen LogP contribution in [0.25, 0.3) is 0 Å². The van der Waals surface area contributed by atoms with Gasteiger partial charge in [-0.2, -0.15) is 0 Å². The molecule has 0 bridgehead atoms. The van der Waals surface area contributed by atoms with Crippen LogP contribution in [0.5, 0.6) is 17.2 Å². The summed E-state index contributed by atoms with van der Waals surface area (Å²) in [5.41, 5.74) is 2.59. The molecular weight excluding hydrogens is 404 g/mol. The highest BCUT2D eigenvalue weighted by atomic mass is 35.5. The molecule has 1 aliphatic heterocycles. The Kier molecular flexibility index (Phi) is 5.42. The van der Waals surface area contributed by atoms with Gasteiger partial charge in [0.15, 0.2) is 11.5 Å². The highest BCUT2D eigenvalue weighted by Crippen LogP contribution is 2.47. The van der Waals surface area contributed by atoms with Crippen molar-refractivity contribution in [2.24, 2.45) is 0 Å². The molecule has 0 saturated heterocycles. The average Bonchev–Trinajstić information content (AvgIpc) is 2.78. The van der Waals surface area contributed by atoms with E-state index >= 15 is 0 Å². The van der Waals surface area contributed by atoms with E-state index in [-0.39, 0.29) is 5.91 Å². The van der Waals surface area contributed by atoms with Crippen molar-refractivity contribution in [3.05, 3.63) is 76.8 Å². The van der Waals surface area contributed by atoms with Crippen molar-refractivity contribution in [1.29, 1.82) is 0 Å². The first-order valence-electron chi connectivity index (χ1n) is 9.33. The second kappa shape index (κ2) is 8.16. The molecule has 1 unspecified atom stereocenters. The number of carbonyl (C=O) groups is 1. The van der Waals surface area contributed by atoms with Gasteiger partial charge in [0.2, 0.25) is 5.75 Å². The summed E-state index contributed by atoms with van der Waals surface area (Å²) < 4.78 is 16.6. The number of methoxy groups -OCH3 is 3. The molecule has 0 aromatic heterocycles. The molecule has 0 radical (unpaired) electrons. The topological polar surface area (TPSA) is 60.0 Å². The highest BCUT2D eigenvalue weighted by molar-refractivity contribution is 6.34. The van der Waals surface area contributed by atoms with Crippen molar-refractivity contribution >= 4 is 28.9 Å². The van der Waals surface area contributed by atoms with Gasteiger partial charge < -0.3 is 19.5 Å². The molecular formula is C23H21ClN2O4. The fourth-order valence-corrected chi connectivity index (χ4v) is 3.93. The number of benzene rings is 3. The number of para-hydroxylation sites is 2. The number of nitrogens with one attached hydrogen (secondary N) is 1. The third kappa shape index (κ3) is 3.19. The van der Waals surface area contributed by atoms with Crippen LogP contribution in [0.15, 0.2) is 60.7 Å². The Balaban J connectivity index is 1.95. The molecule has 1 N–H and O–H groups in total. The first kappa shape index (κ1) is 19.9. The van der Waals surface area contributed by atoms with Gasteiger partial charge in [0.05, 0.1) is 37.6 Å². The third-order valence-electron chi connectivity index (χ3n) is 5.07. The number of hydrogen-bond donors (Lipinski definition) is 1. The minimum absolute atomic E-state index is 0.167. The largest absolute Gasteiger partial charge is 0.493 e. The van der Waals surface area contributed by atoms with Gasteiger partial charge in [0.25, 0.3) is 5.91 Å². The molecule has 1 aliphatic rings. The smallest absolute Gasteiger partial charge is 0.262 e. The van der Waals surface area contributed by atoms with Gasteiger partial charge >= 0.3 is 0 Å². The van der Waals surface area contributed by atoms with Crippen LogP contribution in [0, 0.1) is 0 Å². The van der Waals surface area contributed by atoms with Crippen LogP contribution in [0.3, 0.4) is 0 Å². The normalized spacial score (nSPS) is 15.3. The number of ether oxygens (including phenoxy) is 3. The van der Waals surface area contributed by atoms with Crippen molar-refractivity contribution in [3.63, 3.8) is 0 Å². The van der Waals surface area contributed by atoms with Crippen LogP contribution in [-0.4, -0.2) is 27.2 Å². The first-order valence-corrected chi connectivity index (χ1v) is 9.71. The van der Waals surface area contributed by atoms with Gasteiger partial charge in [-0.25, -0.2) is 0 Å². The van der Waals surface area contributed by atoms with E-state index in [1.165, 1.54) is 0 Å². The van der Waals surface area contributed by atoms with E-state index in [4.69, 9.17) is 25.8 Å². The quantitative estimate of drug-likeness (QED) is 0.614. The van der Waals surface area contributed by atoms with Crippen molar-refractivity contribution in [2.75, 3.05) is 31.5 Å². The van der Waals surface area contributed by atoms with Crippen molar-refractivity contribution in [1.82, 2.24) is 0 Å². The lowest BCUT2D eigenvalue weighted by Gasteiger charge is -2.39. The molecule has 3 aromatic rings. The number of rotatable bonds is 5. The number of amides is 1. The molecule has 0 saturated carbocycles. The van der Waals surface area contributed by atoms with E-state index in [0.29, 0.717) is 39.1 Å². The molecule has 154 valence electrons. The van der Waals surface area contributed by atoms with Crippen molar-refractivity contribution in [3.8, 4) is 17.2 Å². The summed E-state index contributed by atoms with van der Waals surface area (Å²) in [4.78, 5) is 15.2. The lowest BCUT2D eigenvalue weighted by Crippen LogP contribution is -2.43. The van der Waals surface area contributed by atoms with Crippen LogP contribution in [0.4, 0.5) is 11.4 Å². The van der Waals surface area contributed by atoms with Gasteiger partial charge in [-0.15, -0.1) is 0 Å². The maximum absolute atomic E-state index is 13.6. The Bertz CT molecular complexity index is 1100. The molecule has 30 heavy (non-hydrogen) atoms. The number of fused-ring (bicyclic) bond motifs is 1. The molecule has 3 aromatic carbocycles. The Morgan fingerprint density at radius 3 is 2.27 bits per heavy atom. The maximum atomic E-state index is 13.6. The molecule has 6 nitrogen and oxygen atoms in total. The van der Waals surface area contributed by atoms with Gasteiger partial charge in [0, 0.05) is 11.3 Å². The molecule has 4 rings (SSSR count). The molecule has 7 heteroatoms. The van der Waals surface area contributed by atoms with Gasteiger partial charge in [0.1, 0.15) is 6.17 Å². The predicted octanol–water partition coefficient (Wildman–Crippen LogP) is 5.14. The molecule has 0 aliphatic carbocycles. The molecule has 1 amide bonds. The van der Waals surface area contributed by atoms with E-state index in [0.717, 1.165) is 5.69 Å². The Morgan fingerprint density at radius 2 is 1.57 bits per heavy atom. The van der Waals surface area contributed by atoms with E-state index in [2.05, 4.69) is 5.32 Å². The van der Waals surface area contributed by atoms with E-state index < -0.39 is 6.17 Å². The van der Waals surface area contributed by atoms with Crippen LogP contribution >= 0.6 is 11.6 Å². The van der Waals surface area contributed by atoms with Crippen molar-refractivity contribution in [2.45, 2.75) is 6.17 Å². The lowest BCUT2D eigenvalue weighted by molar-refractivity contribution is 0.0974. The Morgan fingerprint density at radius 1 is 0.867 bits per heavy atom. The Hall–Kier alpha value is -3.38. The Labute approximate surface area is 179 Å². The third-order valence-corrected chi connectivity index (χ3v) is 5.39. The zero-order valence-corrected chi connectivity index (χ0v) is 17.6. The number of carbonyl (C=O) groups excluding carboxylic acids is 1. The van der Waals surface area contributed by atoms with Gasteiger partial charge in [-0.3, -0.25) is 9.69 Å². The molecule has 0 fully saturated rings. The lowest BCUT2D eigenvalue weighted by atomic mass is 10.0.